The Morgan fingerprint density at radius 3 is 2.47 bits per heavy atom. The predicted molar refractivity (Wildman–Crippen MR) is 141 cm³/mol. The van der Waals surface area contributed by atoms with E-state index in [1.807, 2.05) is 0 Å². The summed E-state index contributed by atoms with van der Waals surface area (Å²) in [6.45, 7) is 3.07. The number of hydrogen-bond acceptors (Lipinski definition) is 4. The Balaban J connectivity index is 1.23. The van der Waals surface area contributed by atoms with Crippen LogP contribution in [0.3, 0.4) is 0 Å². The SMILES string of the molecule is CCCCCCCCCCCc1noc(-c2cccc(CNc3cccc4c3CCCC4)c2)n1. The maximum Gasteiger partial charge on any atom is 0.257 e. The largest absolute Gasteiger partial charge is 0.381 e. The average Bonchev–Trinajstić information content (AvgIpc) is 3.36. The monoisotopic (exact) mass is 459 g/mol. The predicted octanol–water partition coefficient (Wildman–Crippen LogP) is 8.30. The van der Waals surface area contributed by atoms with E-state index in [-0.39, 0.29) is 0 Å². The third-order valence-corrected chi connectivity index (χ3v) is 7.02. The molecule has 0 bridgehead atoms. The molecule has 1 heterocycles. The van der Waals surface area contributed by atoms with Crippen LogP contribution in [0, 0.1) is 0 Å². The summed E-state index contributed by atoms with van der Waals surface area (Å²) in [7, 11) is 0. The molecule has 1 aliphatic carbocycles. The standard InChI is InChI=1S/C30H41N3O/c1-2-3-4-5-6-7-8-9-10-21-29-32-30(34-33-29)26-18-13-15-24(22-26)23-31-28-20-14-17-25-16-11-12-19-27(25)28/h13-15,17-18,20,22,31H,2-12,16,19,21,23H2,1H3. The van der Waals surface area contributed by atoms with Crippen molar-refractivity contribution >= 4 is 5.69 Å². The van der Waals surface area contributed by atoms with Crippen molar-refractivity contribution in [1.29, 1.82) is 0 Å². The minimum atomic E-state index is 0.630. The van der Waals surface area contributed by atoms with Crippen LogP contribution in [-0.2, 0) is 25.8 Å². The van der Waals surface area contributed by atoms with Gasteiger partial charge in [0.1, 0.15) is 0 Å². The lowest BCUT2D eigenvalue weighted by molar-refractivity contribution is 0.421. The van der Waals surface area contributed by atoms with Crippen molar-refractivity contribution in [2.45, 2.75) is 103 Å². The van der Waals surface area contributed by atoms with Crippen molar-refractivity contribution in [3.63, 3.8) is 0 Å². The van der Waals surface area contributed by atoms with Gasteiger partial charge in [-0.05, 0) is 67.0 Å². The Bertz CT molecular complexity index is 1010. The van der Waals surface area contributed by atoms with Crippen LogP contribution in [0.15, 0.2) is 47.0 Å². The summed E-state index contributed by atoms with van der Waals surface area (Å²) >= 11 is 0. The number of hydrogen-bond donors (Lipinski definition) is 1. The number of unbranched alkanes of at least 4 members (excludes halogenated alkanes) is 8. The van der Waals surface area contributed by atoms with E-state index >= 15 is 0 Å². The molecular weight excluding hydrogens is 418 g/mol. The lowest BCUT2D eigenvalue weighted by Gasteiger charge is -2.20. The number of fused-ring (bicyclic) bond motifs is 1. The molecule has 0 amide bonds. The zero-order chi connectivity index (χ0) is 23.4. The minimum Gasteiger partial charge on any atom is -0.381 e. The van der Waals surface area contributed by atoms with Crippen LogP contribution < -0.4 is 5.32 Å². The Kier molecular flexibility index (Phi) is 9.60. The van der Waals surface area contributed by atoms with E-state index in [9.17, 15) is 0 Å². The number of aryl methyl sites for hydroxylation is 2. The molecule has 0 fully saturated rings. The third kappa shape index (κ3) is 7.19. The number of anilines is 1. The molecule has 34 heavy (non-hydrogen) atoms. The van der Waals surface area contributed by atoms with Gasteiger partial charge in [-0.2, -0.15) is 4.98 Å². The van der Waals surface area contributed by atoms with Gasteiger partial charge in [-0.3, -0.25) is 0 Å². The highest BCUT2D eigenvalue weighted by Gasteiger charge is 2.13. The number of rotatable bonds is 14. The second-order valence-electron chi connectivity index (χ2n) is 9.80. The molecule has 4 rings (SSSR count). The highest BCUT2D eigenvalue weighted by molar-refractivity contribution is 5.57. The van der Waals surface area contributed by atoms with Crippen LogP contribution in [0.5, 0.6) is 0 Å². The van der Waals surface area contributed by atoms with Crippen molar-refractivity contribution in [2.75, 3.05) is 5.32 Å². The van der Waals surface area contributed by atoms with E-state index in [4.69, 9.17) is 4.52 Å². The third-order valence-electron chi connectivity index (χ3n) is 7.02. The Morgan fingerprint density at radius 1 is 0.853 bits per heavy atom. The molecule has 0 saturated heterocycles. The van der Waals surface area contributed by atoms with Gasteiger partial charge in [0.15, 0.2) is 5.82 Å². The molecule has 182 valence electrons. The van der Waals surface area contributed by atoms with Gasteiger partial charge in [-0.15, -0.1) is 0 Å². The highest BCUT2D eigenvalue weighted by Crippen LogP contribution is 2.28. The fourth-order valence-electron chi connectivity index (χ4n) is 5.03. The van der Waals surface area contributed by atoms with Gasteiger partial charge < -0.3 is 9.84 Å². The molecular formula is C30H41N3O. The van der Waals surface area contributed by atoms with E-state index in [0.717, 1.165) is 30.8 Å². The van der Waals surface area contributed by atoms with Gasteiger partial charge in [0, 0.05) is 24.2 Å². The summed E-state index contributed by atoms with van der Waals surface area (Å²) in [5.41, 5.74) is 6.52. The van der Waals surface area contributed by atoms with Crippen LogP contribution in [0.1, 0.15) is 100 Å². The first kappa shape index (κ1) is 24.5. The summed E-state index contributed by atoms with van der Waals surface area (Å²) in [6, 6.07) is 15.1. The zero-order valence-corrected chi connectivity index (χ0v) is 21.0. The molecule has 0 aliphatic heterocycles. The molecule has 0 saturated carbocycles. The molecule has 0 spiro atoms. The Morgan fingerprint density at radius 2 is 1.62 bits per heavy atom. The van der Waals surface area contributed by atoms with E-state index < -0.39 is 0 Å². The topological polar surface area (TPSA) is 51.0 Å². The summed E-state index contributed by atoms with van der Waals surface area (Å²) in [5, 5.41) is 7.89. The first-order valence-corrected chi connectivity index (χ1v) is 13.6. The van der Waals surface area contributed by atoms with Gasteiger partial charge in [-0.25, -0.2) is 0 Å². The number of benzene rings is 2. The zero-order valence-electron chi connectivity index (χ0n) is 21.0. The molecule has 1 aliphatic rings. The maximum absolute atomic E-state index is 5.59. The van der Waals surface area contributed by atoms with Gasteiger partial charge >= 0.3 is 0 Å². The van der Waals surface area contributed by atoms with E-state index in [1.54, 1.807) is 0 Å². The molecule has 0 unspecified atom stereocenters. The summed E-state index contributed by atoms with van der Waals surface area (Å²) in [4.78, 5) is 4.67. The molecule has 2 aromatic carbocycles. The van der Waals surface area contributed by atoms with E-state index in [2.05, 4.69) is 64.8 Å². The molecule has 0 atom stereocenters. The lowest BCUT2D eigenvalue weighted by Crippen LogP contribution is -2.08. The smallest absolute Gasteiger partial charge is 0.257 e. The quantitative estimate of drug-likeness (QED) is 0.246. The lowest BCUT2D eigenvalue weighted by atomic mass is 9.90. The molecule has 3 aromatic rings. The van der Waals surface area contributed by atoms with Crippen molar-refractivity contribution in [1.82, 2.24) is 10.1 Å². The average molecular weight is 460 g/mol. The fourth-order valence-corrected chi connectivity index (χ4v) is 5.03. The number of nitrogens with one attached hydrogen (secondary N) is 1. The first-order valence-electron chi connectivity index (χ1n) is 13.6. The van der Waals surface area contributed by atoms with Crippen LogP contribution >= 0.6 is 0 Å². The maximum atomic E-state index is 5.59. The Labute approximate surface area is 205 Å². The van der Waals surface area contributed by atoms with Crippen LogP contribution in [0.4, 0.5) is 5.69 Å². The van der Waals surface area contributed by atoms with Gasteiger partial charge in [-0.1, -0.05) is 87.7 Å². The normalized spacial score (nSPS) is 13.1. The first-order chi connectivity index (χ1) is 16.8. The van der Waals surface area contributed by atoms with Crippen LogP contribution in [0.25, 0.3) is 11.5 Å². The number of aromatic nitrogens is 2. The summed E-state index contributed by atoms with van der Waals surface area (Å²) in [5.74, 6) is 1.46. The number of nitrogens with zero attached hydrogens (tertiary/aromatic N) is 2. The van der Waals surface area contributed by atoms with Gasteiger partial charge in [0.05, 0.1) is 0 Å². The second-order valence-corrected chi connectivity index (χ2v) is 9.80. The highest BCUT2D eigenvalue weighted by atomic mass is 16.5. The molecule has 4 heteroatoms. The molecule has 1 N–H and O–H groups in total. The van der Waals surface area contributed by atoms with Crippen LogP contribution in [0.2, 0.25) is 0 Å². The fraction of sp³-hybridized carbons (Fsp3) is 0.533. The summed E-state index contributed by atoms with van der Waals surface area (Å²) < 4.78 is 5.59. The summed E-state index contributed by atoms with van der Waals surface area (Å²) in [6.07, 6.45) is 17.8. The Hall–Kier alpha value is -2.62. The van der Waals surface area contributed by atoms with E-state index in [1.165, 1.54) is 99.4 Å². The molecule has 4 nitrogen and oxygen atoms in total. The van der Waals surface area contributed by atoms with Gasteiger partial charge in [0.2, 0.25) is 0 Å². The van der Waals surface area contributed by atoms with Crippen molar-refractivity contribution in [2.24, 2.45) is 0 Å². The van der Waals surface area contributed by atoms with Gasteiger partial charge in [0.25, 0.3) is 5.89 Å². The molecule has 1 aromatic heterocycles. The molecule has 0 radical (unpaired) electrons. The van der Waals surface area contributed by atoms with Crippen molar-refractivity contribution in [3.8, 4) is 11.5 Å². The van der Waals surface area contributed by atoms with Crippen LogP contribution in [-0.4, -0.2) is 10.1 Å². The second kappa shape index (κ2) is 13.3. The van der Waals surface area contributed by atoms with E-state index in [0.29, 0.717) is 5.89 Å². The minimum absolute atomic E-state index is 0.630. The van der Waals surface area contributed by atoms with Crippen molar-refractivity contribution in [3.05, 3.63) is 65.0 Å². The van der Waals surface area contributed by atoms with Crippen molar-refractivity contribution < 1.29 is 4.52 Å².